The van der Waals surface area contributed by atoms with Crippen LogP contribution in [0.4, 0.5) is 0 Å². The average Bonchev–Trinajstić information content (AvgIpc) is 2.47. The van der Waals surface area contributed by atoms with Crippen molar-refractivity contribution in [2.24, 2.45) is 0 Å². The van der Waals surface area contributed by atoms with Gasteiger partial charge in [0.25, 0.3) is 0 Å². The van der Waals surface area contributed by atoms with Gasteiger partial charge in [-0.05, 0) is 26.0 Å². The van der Waals surface area contributed by atoms with E-state index in [1.54, 1.807) is 44.2 Å². The fourth-order valence-corrected chi connectivity index (χ4v) is 1.61. The molecule has 6 nitrogen and oxygen atoms in total. The molecule has 0 bridgehead atoms. The monoisotopic (exact) mass is 293 g/mol. The molecule has 0 spiro atoms. The normalized spacial score (nSPS) is 11.9. The SMILES string of the molecule is CCOC(=O)C(C)(C(=O)OCC)[N+]([O-])=Cc1ccccc1. The van der Waals surface area contributed by atoms with Crippen LogP contribution >= 0.6 is 0 Å². The minimum Gasteiger partial charge on any atom is -0.623 e. The van der Waals surface area contributed by atoms with Gasteiger partial charge in [-0.25, -0.2) is 9.59 Å². The van der Waals surface area contributed by atoms with E-state index >= 15 is 0 Å². The molecule has 0 saturated carbocycles. The maximum Gasteiger partial charge on any atom is 0.392 e. The van der Waals surface area contributed by atoms with E-state index in [1.165, 1.54) is 6.92 Å². The predicted octanol–water partition coefficient (Wildman–Crippen LogP) is 1.50. The summed E-state index contributed by atoms with van der Waals surface area (Å²) in [6.07, 6.45) is 1.16. The first-order chi connectivity index (χ1) is 9.96. The van der Waals surface area contributed by atoms with Gasteiger partial charge in [0.2, 0.25) is 0 Å². The maximum atomic E-state index is 12.3. The van der Waals surface area contributed by atoms with Crippen molar-refractivity contribution in [3.8, 4) is 0 Å². The standard InChI is InChI=1S/C15H19NO5/c1-4-20-13(17)15(3,14(18)21-5-2)16(19)11-12-9-7-6-8-10-12/h6-11H,4-5H2,1-3H3. The van der Waals surface area contributed by atoms with Gasteiger partial charge in [0.1, 0.15) is 0 Å². The van der Waals surface area contributed by atoms with Crippen LogP contribution in [0.25, 0.3) is 0 Å². The van der Waals surface area contributed by atoms with E-state index in [4.69, 9.17) is 9.47 Å². The molecule has 6 heteroatoms. The molecule has 0 radical (unpaired) electrons. The summed E-state index contributed by atoms with van der Waals surface area (Å²) in [5.41, 5.74) is -1.51. The fraction of sp³-hybridized carbons (Fsp3) is 0.400. The van der Waals surface area contributed by atoms with Gasteiger partial charge in [-0.2, -0.15) is 4.74 Å². The number of carbonyl (C=O) groups is 2. The van der Waals surface area contributed by atoms with Gasteiger partial charge in [-0.15, -0.1) is 0 Å². The molecule has 0 aliphatic heterocycles. The molecule has 0 atom stereocenters. The number of rotatable bonds is 6. The van der Waals surface area contributed by atoms with Gasteiger partial charge in [-0.1, -0.05) is 18.2 Å². The van der Waals surface area contributed by atoms with Crippen LogP contribution in [0.5, 0.6) is 0 Å². The van der Waals surface area contributed by atoms with Gasteiger partial charge in [0.05, 0.1) is 13.2 Å². The number of hydrogen-bond donors (Lipinski definition) is 0. The molecule has 0 unspecified atom stereocenters. The lowest BCUT2D eigenvalue weighted by molar-refractivity contribution is -0.512. The highest BCUT2D eigenvalue weighted by Crippen LogP contribution is 2.15. The van der Waals surface area contributed by atoms with Crippen LogP contribution in [0, 0.1) is 5.21 Å². The summed E-state index contributed by atoms with van der Waals surface area (Å²) >= 11 is 0. The molecule has 0 aliphatic carbocycles. The molecule has 0 amide bonds. The van der Waals surface area contributed by atoms with Gasteiger partial charge in [-0.3, -0.25) is 0 Å². The number of carbonyl (C=O) groups excluding carboxylic acids is 2. The van der Waals surface area contributed by atoms with Crippen molar-refractivity contribution in [3.63, 3.8) is 0 Å². The van der Waals surface area contributed by atoms with Crippen molar-refractivity contribution in [3.05, 3.63) is 41.1 Å². The molecule has 1 aromatic carbocycles. The minimum absolute atomic E-state index is 0.0625. The quantitative estimate of drug-likeness (QED) is 0.198. The molecule has 114 valence electrons. The molecule has 21 heavy (non-hydrogen) atoms. The Labute approximate surface area is 123 Å². The minimum atomic E-state index is -2.07. The average molecular weight is 293 g/mol. The Balaban J connectivity index is 3.20. The highest BCUT2D eigenvalue weighted by Gasteiger charge is 2.53. The summed E-state index contributed by atoms with van der Waals surface area (Å²) in [5.74, 6) is -1.88. The zero-order chi connectivity index (χ0) is 15.9. The van der Waals surface area contributed by atoms with Crippen LogP contribution < -0.4 is 0 Å². The first-order valence-electron chi connectivity index (χ1n) is 6.67. The highest BCUT2D eigenvalue weighted by molar-refractivity contribution is 6.03. The first-order valence-corrected chi connectivity index (χ1v) is 6.67. The zero-order valence-corrected chi connectivity index (χ0v) is 12.4. The molecule has 0 N–H and O–H groups in total. The van der Waals surface area contributed by atoms with Gasteiger partial charge < -0.3 is 14.7 Å². The lowest BCUT2D eigenvalue weighted by Gasteiger charge is -2.23. The van der Waals surface area contributed by atoms with E-state index < -0.39 is 17.5 Å². The molecule has 0 fully saturated rings. The summed E-state index contributed by atoms with van der Waals surface area (Å²) in [5, 5.41) is 12.3. The Bertz CT molecular complexity index is 506. The Morgan fingerprint density at radius 2 is 1.62 bits per heavy atom. The van der Waals surface area contributed by atoms with Crippen molar-refractivity contribution in [1.82, 2.24) is 0 Å². The topological polar surface area (TPSA) is 78.7 Å². The van der Waals surface area contributed by atoms with Crippen LogP contribution in [-0.2, 0) is 19.1 Å². The number of esters is 2. The van der Waals surface area contributed by atoms with E-state index in [2.05, 4.69) is 0 Å². The maximum absolute atomic E-state index is 12.3. The Morgan fingerprint density at radius 1 is 1.14 bits per heavy atom. The largest absolute Gasteiger partial charge is 0.623 e. The van der Waals surface area contributed by atoms with E-state index in [9.17, 15) is 14.8 Å². The van der Waals surface area contributed by atoms with Crippen LogP contribution in [0.3, 0.4) is 0 Å². The Morgan fingerprint density at radius 3 is 2.05 bits per heavy atom. The summed E-state index contributed by atoms with van der Waals surface area (Å²) in [6.45, 7) is 4.51. The lowest BCUT2D eigenvalue weighted by atomic mass is 10.0. The number of nitrogens with zero attached hydrogens (tertiary/aromatic N) is 1. The van der Waals surface area contributed by atoms with Crippen LogP contribution in [-0.4, -0.2) is 41.6 Å². The highest BCUT2D eigenvalue weighted by atomic mass is 16.6. The molecular weight excluding hydrogens is 274 g/mol. The Kier molecular flexibility index (Phi) is 5.90. The number of benzene rings is 1. The molecule has 0 aromatic heterocycles. The number of hydroxylamine groups is 1. The van der Waals surface area contributed by atoms with E-state index in [1.807, 2.05) is 0 Å². The predicted molar refractivity (Wildman–Crippen MR) is 76.9 cm³/mol. The molecule has 0 saturated heterocycles. The van der Waals surface area contributed by atoms with Crippen molar-refractivity contribution in [2.45, 2.75) is 26.3 Å². The molecule has 0 heterocycles. The van der Waals surface area contributed by atoms with Crippen molar-refractivity contribution >= 4 is 18.2 Å². The van der Waals surface area contributed by atoms with E-state index in [0.29, 0.717) is 5.56 Å². The smallest absolute Gasteiger partial charge is 0.392 e. The summed E-state index contributed by atoms with van der Waals surface area (Å²) in [4.78, 5) is 24.1. The number of ether oxygens (including phenoxy) is 2. The molecule has 0 aliphatic rings. The zero-order valence-electron chi connectivity index (χ0n) is 12.4. The molecule has 1 aromatic rings. The molecule has 1 rings (SSSR count). The second-order valence-electron chi connectivity index (χ2n) is 4.38. The van der Waals surface area contributed by atoms with Crippen LogP contribution in [0.15, 0.2) is 30.3 Å². The second kappa shape index (κ2) is 7.42. The van der Waals surface area contributed by atoms with Gasteiger partial charge in [0, 0.05) is 12.5 Å². The van der Waals surface area contributed by atoms with Crippen LogP contribution in [0.1, 0.15) is 26.3 Å². The lowest BCUT2D eigenvalue weighted by Crippen LogP contribution is -2.53. The van der Waals surface area contributed by atoms with Crippen molar-refractivity contribution < 1.29 is 23.8 Å². The fourth-order valence-electron chi connectivity index (χ4n) is 1.61. The second-order valence-corrected chi connectivity index (χ2v) is 4.38. The first kappa shape index (κ1) is 16.7. The van der Waals surface area contributed by atoms with Gasteiger partial charge in [0.15, 0.2) is 6.21 Å². The van der Waals surface area contributed by atoms with Crippen molar-refractivity contribution in [2.75, 3.05) is 13.2 Å². The van der Waals surface area contributed by atoms with E-state index in [0.717, 1.165) is 6.21 Å². The van der Waals surface area contributed by atoms with Gasteiger partial charge >= 0.3 is 17.5 Å². The third kappa shape index (κ3) is 3.81. The third-order valence-corrected chi connectivity index (χ3v) is 2.85. The summed E-state index contributed by atoms with van der Waals surface area (Å²) < 4.78 is 9.94. The van der Waals surface area contributed by atoms with E-state index in [-0.39, 0.29) is 18.0 Å². The third-order valence-electron chi connectivity index (χ3n) is 2.85. The summed E-state index contributed by atoms with van der Waals surface area (Å²) in [6, 6.07) is 8.64. The summed E-state index contributed by atoms with van der Waals surface area (Å²) in [7, 11) is 0. The number of hydrogen-bond acceptors (Lipinski definition) is 5. The van der Waals surface area contributed by atoms with Crippen LogP contribution in [0.2, 0.25) is 0 Å². The molecular formula is C15H19NO5. The van der Waals surface area contributed by atoms with Crippen molar-refractivity contribution in [1.29, 1.82) is 0 Å². The Hall–Kier alpha value is -2.37.